The van der Waals surface area contributed by atoms with E-state index in [1.54, 1.807) is 30.2 Å². The monoisotopic (exact) mass is 492 g/mol. The number of ether oxygens (including phenoxy) is 2. The zero-order chi connectivity index (χ0) is 24.8. The number of ketones is 1. The third-order valence-electron chi connectivity index (χ3n) is 6.60. The highest BCUT2D eigenvalue weighted by atomic mass is 35.5. The van der Waals surface area contributed by atoms with E-state index in [0.29, 0.717) is 42.8 Å². The Morgan fingerprint density at radius 2 is 2.00 bits per heavy atom. The fourth-order valence-electron chi connectivity index (χ4n) is 4.61. The predicted octanol–water partition coefficient (Wildman–Crippen LogP) is 6.32. The molecule has 0 bridgehead atoms. The van der Waals surface area contributed by atoms with E-state index in [1.807, 2.05) is 42.5 Å². The summed E-state index contributed by atoms with van der Waals surface area (Å²) in [7, 11) is 1.59. The number of nitrogens with zero attached hydrogens (tertiary/aromatic N) is 2. The molecule has 0 spiro atoms. The molecule has 0 N–H and O–H groups in total. The normalized spacial score (nSPS) is 17.7. The van der Waals surface area contributed by atoms with E-state index in [1.165, 1.54) is 0 Å². The van der Waals surface area contributed by atoms with Gasteiger partial charge < -0.3 is 14.4 Å². The van der Waals surface area contributed by atoms with Gasteiger partial charge in [-0.1, -0.05) is 48.0 Å². The molecule has 35 heavy (non-hydrogen) atoms. The molecule has 4 rings (SSSR count). The van der Waals surface area contributed by atoms with E-state index in [-0.39, 0.29) is 35.5 Å². The van der Waals surface area contributed by atoms with E-state index < -0.39 is 0 Å². The van der Waals surface area contributed by atoms with Gasteiger partial charge in [0.15, 0.2) is 5.78 Å². The average Bonchev–Trinajstić information content (AvgIpc) is 2.90. The highest BCUT2D eigenvalue weighted by Crippen LogP contribution is 2.31. The molecular formula is C28H29ClN2O4. The third-order valence-corrected chi connectivity index (χ3v) is 6.79. The van der Waals surface area contributed by atoms with Gasteiger partial charge in [-0.3, -0.25) is 4.79 Å². The van der Waals surface area contributed by atoms with Crippen LogP contribution in [0.5, 0.6) is 5.75 Å². The highest BCUT2D eigenvalue weighted by molar-refractivity contribution is 6.30. The number of likely N-dealkylation sites (tertiary alicyclic amines) is 1. The summed E-state index contributed by atoms with van der Waals surface area (Å²) >= 11 is 6.19. The summed E-state index contributed by atoms with van der Waals surface area (Å²) in [5.74, 6) is 1.03. The lowest BCUT2D eigenvalue weighted by Gasteiger charge is -2.36. The Balaban J connectivity index is 1.37. The Bertz CT molecular complexity index is 1210. The predicted molar refractivity (Wildman–Crippen MR) is 137 cm³/mol. The van der Waals surface area contributed by atoms with Crippen LogP contribution in [0.2, 0.25) is 5.15 Å². The van der Waals surface area contributed by atoms with Gasteiger partial charge in [-0.05, 0) is 54.5 Å². The minimum Gasteiger partial charge on any atom is -0.497 e. The van der Waals surface area contributed by atoms with Crippen molar-refractivity contribution in [1.82, 2.24) is 9.88 Å². The standard InChI is InChI=1S/C28H29ClN2O4/c1-3-20-17-31(28(33)35-18-19-7-5-4-6-8-19)14-13-21(20)9-12-26(32)24-16-27(29)30-25-11-10-22(34-2)15-23(24)25/h3-8,10-11,15-16,20-21H,1,9,12-14,17-18H2,2H3. The van der Waals surface area contributed by atoms with Crippen LogP contribution in [0.3, 0.4) is 0 Å². The number of amides is 1. The number of hydrogen-bond donors (Lipinski definition) is 0. The van der Waals surface area contributed by atoms with Crippen LogP contribution in [0, 0.1) is 11.8 Å². The zero-order valence-electron chi connectivity index (χ0n) is 19.8. The molecule has 6 nitrogen and oxygen atoms in total. The molecule has 2 heterocycles. The van der Waals surface area contributed by atoms with Gasteiger partial charge >= 0.3 is 6.09 Å². The van der Waals surface area contributed by atoms with Crippen LogP contribution in [-0.4, -0.2) is 42.0 Å². The molecule has 1 aromatic heterocycles. The smallest absolute Gasteiger partial charge is 0.410 e. The Morgan fingerprint density at radius 1 is 1.20 bits per heavy atom. The third kappa shape index (κ3) is 6.01. The summed E-state index contributed by atoms with van der Waals surface area (Å²) in [6.07, 6.45) is 3.43. The number of aromatic nitrogens is 1. The van der Waals surface area contributed by atoms with Crippen LogP contribution in [0.15, 0.2) is 67.3 Å². The molecule has 2 atom stereocenters. The maximum atomic E-state index is 13.2. The van der Waals surface area contributed by atoms with E-state index in [0.717, 1.165) is 17.4 Å². The summed E-state index contributed by atoms with van der Waals surface area (Å²) in [6.45, 7) is 5.36. The number of fused-ring (bicyclic) bond motifs is 1. The fraction of sp³-hybridized carbons (Fsp3) is 0.321. The molecule has 0 aliphatic carbocycles. The SMILES string of the molecule is C=CC1CN(C(=O)OCc2ccccc2)CCC1CCC(=O)c1cc(Cl)nc2ccc(OC)cc12. The maximum Gasteiger partial charge on any atom is 0.410 e. The maximum absolute atomic E-state index is 13.2. The molecule has 1 aliphatic rings. The Labute approximate surface area is 210 Å². The second-order valence-corrected chi connectivity index (χ2v) is 9.16. The van der Waals surface area contributed by atoms with Crippen molar-refractivity contribution in [2.24, 2.45) is 11.8 Å². The van der Waals surface area contributed by atoms with Crippen molar-refractivity contribution in [3.63, 3.8) is 0 Å². The molecule has 2 aromatic carbocycles. The number of benzene rings is 2. The van der Waals surface area contributed by atoms with Gasteiger partial charge in [0.2, 0.25) is 0 Å². The number of Topliss-reactive ketones (excluding diaryl/α,β-unsaturated/α-hetero) is 1. The van der Waals surface area contributed by atoms with Crippen molar-refractivity contribution in [2.45, 2.75) is 25.9 Å². The van der Waals surface area contributed by atoms with Crippen LogP contribution < -0.4 is 4.74 Å². The van der Waals surface area contributed by atoms with E-state index in [2.05, 4.69) is 11.6 Å². The number of hydrogen-bond acceptors (Lipinski definition) is 5. The van der Waals surface area contributed by atoms with E-state index in [4.69, 9.17) is 21.1 Å². The van der Waals surface area contributed by atoms with Gasteiger partial charge in [0.05, 0.1) is 12.6 Å². The van der Waals surface area contributed by atoms with E-state index >= 15 is 0 Å². The number of methoxy groups -OCH3 is 1. The largest absolute Gasteiger partial charge is 0.497 e. The molecule has 0 radical (unpaired) electrons. The lowest BCUT2D eigenvalue weighted by molar-refractivity contribution is 0.0694. The molecule has 1 aliphatic heterocycles. The van der Waals surface area contributed by atoms with Gasteiger partial charge in [-0.25, -0.2) is 9.78 Å². The van der Waals surface area contributed by atoms with Crippen molar-refractivity contribution >= 4 is 34.4 Å². The summed E-state index contributed by atoms with van der Waals surface area (Å²) in [4.78, 5) is 31.8. The molecule has 7 heteroatoms. The first kappa shape index (κ1) is 24.7. The lowest BCUT2D eigenvalue weighted by Crippen LogP contribution is -2.43. The Morgan fingerprint density at radius 3 is 2.74 bits per heavy atom. The highest BCUT2D eigenvalue weighted by Gasteiger charge is 2.31. The molecule has 1 fully saturated rings. The molecule has 1 saturated heterocycles. The minimum atomic E-state index is -0.318. The Kier molecular flexibility index (Phi) is 8.03. The average molecular weight is 493 g/mol. The van der Waals surface area contributed by atoms with Crippen molar-refractivity contribution in [3.05, 3.63) is 83.5 Å². The summed E-state index contributed by atoms with van der Waals surface area (Å²) in [6, 6.07) is 16.7. The van der Waals surface area contributed by atoms with Crippen molar-refractivity contribution < 1.29 is 19.1 Å². The quantitative estimate of drug-likeness (QED) is 0.209. The number of carbonyl (C=O) groups is 2. The first-order valence-electron chi connectivity index (χ1n) is 11.7. The van der Waals surface area contributed by atoms with Crippen molar-refractivity contribution in [1.29, 1.82) is 0 Å². The van der Waals surface area contributed by atoms with Crippen molar-refractivity contribution in [3.8, 4) is 5.75 Å². The summed E-state index contributed by atoms with van der Waals surface area (Å²) in [5.41, 5.74) is 2.17. The molecule has 182 valence electrons. The molecular weight excluding hydrogens is 464 g/mol. The van der Waals surface area contributed by atoms with Crippen LogP contribution >= 0.6 is 11.6 Å². The number of pyridine rings is 1. The topological polar surface area (TPSA) is 68.7 Å². The number of rotatable bonds is 8. The first-order chi connectivity index (χ1) is 17.0. The first-order valence-corrected chi connectivity index (χ1v) is 12.1. The van der Waals surface area contributed by atoms with Gasteiger partial charge in [0, 0.05) is 30.5 Å². The second-order valence-electron chi connectivity index (χ2n) is 8.77. The van der Waals surface area contributed by atoms with Gasteiger partial charge in [-0.15, -0.1) is 6.58 Å². The number of halogens is 1. The zero-order valence-corrected chi connectivity index (χ0v) is 20.5. The van der Waals surface area contributed by atoms with Gasteiger partial charge in [0.25, 0.3) is 0 Å². The van der Waals surface area contributed by atoms with Crippen molar-refractivity contribution in [2.75, 3.05) is 20.2 Å². The number of piperidine rings is 1. The molecule has 0 saturated carbocycles. The Hall–Kier alpha value is -3.38. The van der Waals surface area contributed by atoms with Crippen LogP contribution in [0.25, 0.3) is 10.9 Å². The summed E-state index contributed by atoms with van der Waals surface area (Å²) in [5, 5.41) is 1.02. The lowest BCUT2D eigenvalue weighted by atomic mass is 9.81. The van der Waals surface area contributed by atoms with Crippen LogP contribution in [-0.2, 0) is 11.3 Å². The van der Waals surface area contributed by atoms with Crippen LogP contribution in [0.4, 0.5) is 4.79 Å². The molecule has 1 amide bonds. The number of carbonyl (C=O) groups excluding carboxylic acids is 2. The van der Waals surface area contributed by atoms with Gasteiger partial charge in [0.1, 0.15) is 17.5 Å². The second kappa shape index (κ2) is 11.4. The fourth-order valence-corrected chi connectivity index (χ4v) is 4.81. The van der Waals surface area contributed by atoms with Crippen LogP contribution in [0.1, 0.15) is 35.2 Å². The van der Waals surface area contributed by atoms with Gasteiger partial charge in [-0.2, -0.15) is 0 Å². The summed E-state index contributed by atoms with van der Waals surface area (Å²) < 4.78 is 10.8. The minimum absolute atomic E-state index is 0.0139. The molecule has 3 aromatic rings. The van der Waals surface area contributed by atoms with E-state index in [9.17, 15) is 9.59 Å². The molecule has 2 unspecified atom stereocenters.